The van der Waals surface area contributed by atoms with Crippen molar-refractivity contribution in [1.29, 1.82) is 0 Å². The van der Waals surface area contributed by atoms with Crippen molar-refractivity contribution in [2.75, 3.05) is 10.6 Å². The quantitative estimate of drug-likeness (QED) is 0.716. The molecule has 30 heavy (non-hydrogen) atoms. The largest absolute Gasteiger partial charge is 0.347 e. The van der Waals surface area contributed by atoms with E-state index in [9.17, 15) is 17.6 Å². The van der Waals surface area contributed by atoms with Gasteiger partial charge in [0.25, 0.3) is 0 Å². The number of carbonyl (C=O) groups is 1. The first-order valence-corrected chi connectivity index (χ1v) is 12.2. The Kier molecular flexibility index (Phi) is 6.81. The van der Waals surface area contributed by atoms with Gasteiger partial charge in [-0.05, 0) is 80.0 Å². The maximum atomic E-state index is 13.3. The zero-order valence-electron chi connectivity index (χ0n) is 17.7. The van der Waals surface area contributed by atoms with E-state index < -0.39 is 27.8 Å². The standard InChI is InChI=1S/C23H29FN2O3S/c1-4-22(19-10-9-17-7-5-6-8-18(17)15-19)25-23(27)16(2)26(30(3,28)29)21-13-11-20(24)12-14-21/h9-16,22H,4-8H2,1-3H3,(H,25,27). The van der Waals surface area contributed by atoms with Gasteiger partial charge in [-0.15, -0.1) is 0 Å². The lowest BCUT2D eigenvalue weighted by Crippen LogP contribution is -2.48. The number of sulfonamides is 1. The van der Waals surface area contributed by atoms with Crippen LogP contribution in [0.25, 0.3) is 0 Å². The van der Waals surface area contributed by atoms with E-state index in [-0.39, 0.29) is 11.7 Å². The molecule has 2 aromatic rings. The summed E-state index contributed by atoms with van der Waals surface area (Å²) in [7, 11) is -3.74. The maximum absolute atomic E-state index is 13.3. The Morgan fingerprint density at radius 1 is 1.10 bits per heavy atom. The SMILES string of the molecule is CCC(NC(=O)C(C)N(c1ccc(F)cc1)S(C)(=O)=O)c1ccc2c(c1)CCCC2. The number of halogens is 1. The van der Waals surface area contributed by atoms with Crippen molar-refractivity contribution in [3.63, 3.8) is 0 Å². The molecule has 0 bridgehead atoms. The number of carbonyl (C=O) groups excluding carboxylic acids is 1. The zero-order valence-corrected chi connectivity index (χ0v) is 18.5. The molecule has 2 aromatic carbocycles. The molecule has 3 rings (SSSR count). The summed E-state index contributed by atoms with van der Waals surface area (Å²) in [5.41, 5.74) is 4.00. The molecule has 0 spiro atoms. The average Bonchev–Trinajstić information content (AvgIpc) is 2.72. The van der Waals surface area contributed by atoms with Crippen LogP contribution in [0.2, 0.25) is 0 Å². The van der Waals surface area contributed by atoms with E-state index in [2.05, 4.69) is 23.5 Å². The Balaban J connectivity index is 1.82. The van der Waals surface area contributed by atoms with E-state index in [0.717, 1.165) is 29.0 Å². The van der Waals surface area contributed by atoms with Crippen LogP contribution in [-0.2, 0) is 27.7 Å². The third kappa shape index (κ3) is 5.01. The van der Waals surface area contributed by atoms with Crippen LogP contribution in [-0.4, -0.2) is 26.6 Å². The highest BCUT2D eigenvalue weighted by atomic mass is 32.2. The van der Waals surface area contributed by atoms with Gasteiger partial charge in [0.1, 0.15) is 11.9 Å². The summed E-state index contributed by atoms with van der Waals surface area (Å²) in [6.07, 6.45) is 6.26. The van der Waals surface area contributed by atoms with Crippen LogP contribution in [0.15, 0.2) is 42.5 Å². The van der Waals surface area contributed by atoms with Gasteiger partial charge in [-0.1, -0.05) is 25.1 Å². The molecule has 7 heteroatoms. The molecule has 1 aliphatic carbocycles. The summed E-state index contributed by atoms with van der Waals surface area (Å²) in [6, 6.07) is 10.3. The summed E-state index contributed by atoms with van der Waals surface area (Å²) < 4.78 is 39.1. The number of anilines is 1. The summed E-state index contributed by atoms with van der Waals surface area (Å²) in [5, 5.41) is 3.00. The van der Waals surface area contributed by atoms with Gasteiger partial charge in [0.05, 0.1) is 18.0 Å². The Morgan fingerprint density at radius 3 is 2.33 bits per heavy atom. The lowest BCUT2D eigenvalue weighted by Gasteiger charge is -2.30. The first-order valence-electron chi connectivity index (χ1n) is 10.4. The molecule has 1 amide bonds. The highest BCUT2D eigenvalue weighted by Gasteiger charge is 2.30. The van der Waals surface area contributed by atoms with E-state index in [1.165, 1.54) is 48.2 Å². The van der Waals surface area contributed by atoms with Crippen LogP contribution in [0, 0.1) is 5.82 Å². The fourth-order valence-electron chi connectivity index (χ4n) is 4.08. The number of nitrogens with one attached hydrogen (secondary N) is 1. The number of nitrogens with zero attached hydrogens (tertiary/aromatic N) is 1. The van der Waals surface area contributed by atoms with E-state index in [1.807, 2.05) is 6.92 Å². The van der Waals surface area contributed by atoms with Gasteiger partial charge >= 0.3 is 0 Å². The van der Waals surface area contributed by atoms with Crippen molar-refractivity contribution in [1.82, 2.24) is 5.32 Å². The molecule has 162 valence electrons. The fraction of sp³-hybridized carbons (Fsp3) is 0.435. The van der Waals surface area contributed by atoms with Crippen LogP contribution in [0.5, 0.6) is 0 Å². The molecule has 2 atom stereocenters. The van der Waals surface area contributed by atoms with Crippen LogP contribution < -0.4 is 9.62 Å². The summed E-state index contributed by atoms with van der Waals surface area (Å²) in [4.78, 5) is 13.0. The monoisotopic (exact) mass is 432 g/mol. The molecule has 1 N–H and O–H groups in total. The first-order chi connectivity index (χ1) is 14.2. The molecule has 0 saturated carbocycles. The van der Waals surface area contributed by atoms with Gasteiger partial charge in [0.15, 0.2) is 0 Å². The highest BCUT2D eigenvalue weighted by molar-refractivity contribution is 7.92. The molecule has 0 aliphatic heterocycles. The number of amides is 1. The van der Waals surface area contributed by atoms with Gasteiger partial charge in [-0.2, -0.15) is 0 Å². The average molecular weight is 433 g/mol. The van der Waals surface area contributed by atoms with E-state index >= 15 is 0 Å². The third-order valence-corrected chi connectivity index (χ3v) is 6.91. The molecule has 0 saturated heterocycles. The second-order valence-electron chi connectivity index (χ2n) is 7.92. The molecule has 0 heterocycles. The number of aryl methyl sites for hydroxylation is 2. The lowest BCUT2D eigenvalue weighted by molar-refractivity contribution is -0.122. The molecular formula is C23H29FN2O3S. The van der Waals surface area contributed by atoms with Gasteiger partial charge < -0.3 is 5.32 Å². The summed E-state index contributed by atoms with van der Waals surface area (Å²) in [5.74, 6) is -0.864. The van der Waals surface area contributed by atoms with E-state index in [1.54, 1.807) is 6.92 Å². The van der Waals surface area contributed by atoms with E-state index in [0.29, 0.717) is 6.42 Å². The van der Waals surface area contributed by atoms with Crippen LogP contribution in [0.1, 0.15) is 55.8 Å². The topological polar surface area (TPSA) is 66.5 Å². The van der Waals surface area contributed by atoms with Gasteiger partial charge in [-0.3, -0.25) is 9.10 Å². The van der Waals surface area contributed by atoms with Gasteiger partial charge in [0, 0.05) is 0 Å². The van der Waals surface area contributed by atoms with Crippen molar-refractivity contribution in [2.45, 2.75) is 58.0 Å². The maximum Gasteiger partial charge on any atom is 0.244 e. The second-order valence-corrected chi connectivity index (χ2v) is 9.78. The fourth-order valence-corrected chi connectivity index (χ4v) is 5.26. The molecular weight excluding hydrogens is 403 g/mol. The van der Waals surface area contributed by atoms with Gasteiger partial charge in [0.2, 0.25) is 15.9 Å². The Labute approximate surface area is 178 Å². The zero-order chi connectivity index (χ0) is 21.9. The third-order valence-electron chi connectivity index (χ3n) is 5.67. The predicted octanol–water partition coefficient (Wildman–Crippen LogP) is 4.13. The lowest BCUT2D eigenvalue weighted by atomic mass is 9.88. The molecule has 1 aliphatic rings. The summed E-state index contributed by atoms with van der Waals surface area (Å²) in [6.45, 7) is 3.53. The smallest absolute Gasteiger partial charge is 0.244 e. The first kappa shape index (κ1) is 22.3. The molecule has 2 unspecified atom stereocenters. The molecule has 0 aromatic heterocycles. The second kappa shape index (κ2) is 9.16. The summed E-state index contributed by atoms with van der Waals surface area (Å²) >= 11 is 0. The highest BCUT2D eigenvalue weighted by Crippen LogP contribution is 2.27. The Bertz CT molecular complexity index is 1010. The van der Waals surface area contributed by atoms with Crippen molar-refractivity contribution < 1.29 is 17.6 Å². The van der Waals surface area contributed by atoms with E-state index in [4.69, 9.17) is 0 Å². The number of fused-ring (bicyclic) bond motifs is 1. The van der Waals surface area contributed by atoms with Gasteiger partial charge in [-0.25, -0.2) is 12.8 Å². The minimum atomic E-state index is -3.74. The number of benzene rings is 2. The number of hydrogen-bond acceptors (Lipinski definition) is 3. The van der Waals surface area contributed by atoms with Crippen LogP contribution in [0.4, 0.5) is 10.1 Å². The Hall–Kier alpha value is -2.41. The predicted molar refractivity (Wildman–Crippen MR) is 117 cm³/mol. The van der Waals surface area contributed by atoms with Crippen molar-refractivity contribution in [3.8, 4) is 0 Å². The minimum absolute atomic E-state index is 0.207. The van der Waals surface area contributed by atoms with Crippen molar-refractivity contribution >= 4 is 21.6 Å². The minimum Gasteiger partial charge on any atom is -0.347 e. The number of rotatable bonds is 7. The van der Waals surface area contributed by atoms with Crippen LogP contribution >= 0.6 is 0 Å². The normalized spacial score (nSPS) is 15.7. The van der Waals surface area contributed by atoms with Crippen molar-refractivity contribution in [2.24, 2.45) is 0 Å². The molecule has 5 nitrogen and oxygen atoms in total. The molecule has 0 radical (unpaired) electrons. The van der Waals surface area contributed by atoms with Crippen molar-refractivity contribution in [3.05, 3.63) is 65.0 Å². The van der Waals surface area contributed by atoms with Crippen LogP contribution in [0.3, 0.4) is 0 Å². The number of hydrogen-bond donors (Lipinski definition) is 1. The Morgan fingerprint density at radius 2 is 1.73 bits per heavy atom. The molecule has 0 fully saturated rings.